The molecule has 0 aliphatic carbocycles. The summed E-state index contributed by atoms with van der Waals surface area (Å²) < 4.78 is 0. The molecule has 2 rings (SSSR count). The topological polar surface area (TPSA) is 96.5 Å². The van der Waals surface area contributed by atoms with Crippen LogP contribution in [0, 0.1) is 0 Å². The van der Waals surface area contributed by atoms with Crippen LogP contribution in [0.5, 0.6) is 0 Å². The molecule has 3 N–H and O–H groups in total. The van der Waals surface area contributed by atoms with Gasteiger partial charge >= 0.3 is 5.97 Å². The average Bonchev–Trinajstić information content (AvgIpc) is 2.97. The predicted octanol–water partition coefficient (Wildman–Crippen LogP) is 0.291. The van der Waals surface area contributed by atoms with Crippen molar-refractivity contribution < 1.29 is 14.7 Å². The van der Waals surface area contributed by atoms with Gasteiger partial charge in [0.05, 0.1) is 0 Å². The van der Waals surface area contributed by atoms with E-state index in [1.807, 2.05) is 0 Å². The fourth-order valence-electron chi connectivity index (χ4n) is 1.92. The van der Waals surface area contributed by atoms with Gasteiger partial charge in [0, 0.05) is 18.5 Å². The molecule has 6 nitrogen and oxygen atoms in total. The Morgan fingerprint density at radius 1 is 1.65 bits per heavy atom. The summed E-state index contributed by atoms with van der Waals surface area (Å²) in [6.07, 6.45) is 1.23. The fourth-order valence-corrected chi connectivity index (χ4v) is 2.56. The van der Waals surface area contributed by atoms with Crippen LogP contribution in [0.3, 0.4) is 0 Å². The average molecular weight is 255 g/mol. The van der Waals surface area contributed by atoms with Crippen molar-refractivity contribution in [1.82, 2.24) is 9.88 Å². The lowest BCUT2D eigenvalue weighted by Crippen LogP contribution is -2.40. The van der Waals surface area contributed by atoms with Crippen LogP contribution >= 0.6 is 11.3 Å². The van der Waals surface area contributed by atoms with E-state index in [9.17, 15) is 9.59 Å². The monoisotopic (exact) mass is 255 g/mol. The summed E-state index contributed by atoms with van der Waals surface area (Å²) in [4.78, 5) is 28.5. The number of likely N-dealkylation sites (tertiary alicyclic amines) is 1. The summed E-state index contributed by atoms with van der Waals surface area (Å²) in [6, 6.07) is -0.717. The maximum Gasteiger partial charge on any atom is 0.326 e. The fraction of sp³-hybridized carbons (Fsp3) is 0.500. The minimum absolute atomic E-state index is 0.292. The first-order valence-electron chi connectivity index (χ1n) is 5.31. The number of carbonyl (C=O) groups excluding carboxylic acids is 1. The van der Waals surface area contributed by atoms with E-state index in [0.717, 1.165) is 6.42 Å². The minimum Gasteiger partial charge on any atom is -0.480 e. The number of nitrogens with zero attached hydrogens (tertiary/aromatic N) is 2. The highest BCUT2D eigenvalue weighted by Gasteiger charge is 2.35. The molecule has 0 radical (unpaired) electrons. The Balaban J connectivity index is 2.16. The van der Waals surface area contributed by atoms with Crippen molar-refractivity contribution in [3.8, 4) is 0 Å². The second-order valence-corrected chi connectivity index (χ2v) is 4.77. The quantitative estimate of drug-likeness (QED) is 0.809. The number of amides is 1. The van der Waals surface area contributed by atoms with Gasteiger partial charge in [0.1, 0.15) is 16.7 Å². The molecule has 92 valence electrons. The number of aliphatic carboxylic acids is 1. The largest absolute Gasteiger partial charge is 0.480 e. The Morgan fingerprint density at radius 3 is 3.00 bits per heavy atom. The van der Waals surface area contributed by atoms with Crippen LogP contribution in [-0.4, -0.2) is 39.5 Å². The molecule has 1 saturated heterocycles. The van der Waals surface area contributed by atoms with Gasteiger partial charge in [0.2, 0.25) is 0 Å². The molecule has 7 heteroatoms. The van der Waals surface area contributed by atoms with Gasteiger partial charge in [-0.1, -0.05) is 0 Å². The van der Waals surface area contributed by atoms with Crippen molar-refractivity contribution in [3.63, 3.8) is 0 Å². The molecule has 1 amide bonds. The standard InChI is InChI=1S/C10H13N3O3S/c11-4-8-12-6(5-17-8)9(14)13-3-1-2-7(13)10(15)16/h5,7H,1-4,11H2,(H,15,16). The van der Waals surface area contributed by atoms with Crippen molar-refractivity contribution in [2.75, 3.05) is 6.54 Å². The van der Waals surface area contributed by atoms with Crippen LogP contribution in [0.4, 0.5) is 0 Å². The molecule has 1 aliphatic rings. The zero-order valence-electron chi connectivity index (χ0n) is 9.13. The first kappa shape index (κ1) is 12.0. The van der Waals surface area contributed by atoms with E-state index in [1.54, 1.807) is 5.38 Å². The number of carboxylic acids is 1. The number of nitrogens with two attached hydrogens (primary N) is 1. The number of carbonyl (C=O) groups is 2. The summed E-state index contributed by atoms with van der Waals surface area (Å²) in [6.45, 7) is 0.769. The van der Waals surface area contributed by atoms with Crippen molar-refractivity contribution in [1.29, 1.82) is 0 Å². The molecule has 0 bridgehead atoms. The molecule has 1 aromatic heterocycles. The Kier molecular flexibility index (Phi) is 3.39. The number of thiazole rings is 1. The number of hydrogen-bond donors (Lipinski definition) is 2. The molecule has 1 aromatic rings. The summed E-state index contributed by atoms with van der Waals surface area (Å²) in [5.74, 6) is -1.27. The minimum atomic E-state index is -0.954. The van der Waals surface area contributed by atoms with E-state index in [4.69, 9.17) is 10.8 Å². The Bertz CT molecular complexity index is 446. The van der Waals surface area contributed by atoms with Crippen LogP contribution in [0.2, 0.25) is 0 Å². The highest BCUT2D eigenvalue weighted by Crippen LogP contribution is 2.21. The van der Waals surface area contributed by atoms with E-state index >= 15 is 0 Å². The van der Waals surface area contributed by atoms with Gasteiger partial charge < -0.3 is 15.7 Å². The van der Waals surface area contributed by atoms with Gasteiger partial charge in [-0.2, -0.15) is 0 Å². The SMILES string of the molecule is NCc1nc(C(=O)N2CCCC2C(=O)O)cs1. The number of aromatic nitrogens is 1. The Hall–Kier alpha value is -1.47. The lowest BCUT2D eigenvalue weighted by Gasteiger charge is -2.20. The zero-order valence-corrected chi connectivity index (χ0v) is 9.94. The van der Waals surface area contributed by atoms with Gasteiger partial charge in [0.25, 0.3) is 5.91 Å². The molecule has 17 heavy (non-hydrogen) atoms. The van der Waals surface area contributed by atoms with Gasteiger partial charge in [-0.15, -0.1) is 11.3 Å². The molecule has 1 aliphatic heterocycles. The van der Waals surface area contributed by atoms with Gasteiger partial charge in [-0.05, 0) is 12.8 Å². The second-order valence-electron chi connectivity index (χ2n) is 3.83. The molecule has 0 spiro atoms. The van der Waals surface area contributed by atoms with Gasteiger partial charge in [0.15, 0.2) is 0 Å². The van der Waals surface area contributed by atoms with Crippen LogP contribution < -0.4 is 5.73 Å². The third-order valence-electron chi connectivity index (χ3n) is 2.74. The second kappa shape index (κ2) is 4.80. The van der Waals surface area contributed by atoms with Crippen LogP contribution in [0.25, 0.3) is 0 Å². The zero-order chi connectivity index (χ0) is 12.4. The normalized spacial score (nSPS) is 19.6. The maximum atomic E-state index is 12.1. The van der Waals surface area contributed by atoms with Crippen molar-refractivity contribution in [2.24, 2.45) is 5.73 Å². The van der Waals surface area contributed by atoms with Crippen LogP contribution in [0.1, 0.15) is 28.3 Å². The highest BCUT2D eigenvalue weighted by molar-refractivity contribution is 7.09. The molecule has 0 saturated carbocycles. The third kappa shape index (κ3) is 2.29. The highest BCUT2D eigenvalue weighted by atomic mass is 32.1. The lowest BCUT2D eigenvalue weighted by atomic mass is 10.2. The summed E-state index contributed by atoms with van der Waals surface area (Å²) in [7, 11) is 0. The van der Waals surface area contributed by atoms with E-state index in [0.29, 0.717) is 30.2 Å². The van der Waals surface area contributed by atoms with Crippen LogP contribution in [-0.2, 0) is 11.3 Å². The van der Waals surface area contributed by atoms with E-state index < -0.39 is 12.0 Å². The van der Waals surface area contributed by atoms with Gasteiger partial charge in [-0.25, -0.2) is 9.78 Å². The first-order valence-corrected chi connectivity index (χ1v) is 6.19. The Morgan fingerprint density at radius 2 is 2.41 bits per heavy atom. The van der Waals surface area contributed by atoms with Gasteiger partial charge in [-0.3, -0.25) is 4.79 Å². The van der Waals surface area contributed by atoms with Crippen molar-refractivity contribution in [3.05, 3.63) is 16.1 Å². The number of carboxylic acid groups (broad SMARTS) is 1. The predicted molar refractivity (Wildman–Crippen MR) is 61.7 cm³/mol. The maximum absolute atomic E-state index is 12.1. The Labute approximate surface area is 102 Å². The molecule has 2 heterocycles. The van der Waals surface area contributed by atoms with Crippen molar-refractivity contribution in [2.45, 2.75) is 25.4 Å². The molecule has 0 aromatic carbocycles. The number of rotatable bonds is 3. The molecular formula is C10H13N3O3S. The van der Waals surface area contributed by atoms with Crippen LogP contribution in [0.15, 0.2) is 5.38 Å². The van der Waals surface area contributed by atoms with E-state index in [2.05, 4.69) is 4.98 Å². The molecular weight excluding hydrogens is 242 g/mol. The molecule has 1 unspecified atom stereocenters. The van der Waals surface area contributed by atoms with E-state index in [1.165, 1.54) is 16.2 Å². The lowest BCUT2D eigenvalue weighted by molar-refractivity contribution is -0.141. The summed E-state index contributed by atoms with van der Waals surface area (Å²) in [5, 5.41) is 11.3. The third-order valence-corrected chi connectivity index (χ3v) is 3.62. The number of hydrogen-bond acceptors (Lipinski definition) is 5. The summed E-state index contributed by atoms with van der Waals surface area (Å²) >= 11 is 1.32. The molecule has 1 atom stereocenters. The van der Waals surface area contributed by atoms with E-state index in [-0.39, 0.29) is 5.91 Å². The van der Waals surface area contributed by atoms with Crippen molar-refractivity contribution >= 4 is 23.2 Å². The molecule has 1 fully saturated rings. The summed E-state index contributed by atoms with van der Waals surface area (Å²) in [5.41, 5.74) is 5.72. The first-order chi connectivity index (χ1) is 8.13. The smallest absolute Gasteiger partial charge is 0.326 e.